The third-order valence-electron chi connectivity index (χ3n) is 3.17. The van der Waals surface area contributed by atoms with Crippen molar-refractivity contribution in [2.24, 2.45) is 0 Å². The lowest BCUT2D eigenvalue weighted by atomic mass is 10.4. The van der Waals surface area contributed by atoms with Gasteiger partial charge in [-0.15, -0.1) is 0 Å². The van der Waals surface area contributed by atoms with E-state index in [0.717, 1.165) is 0 Å². The first-order valence-electron chi connectivity index (χ1n) is 6.38. The molecular weight excluding hydrogens is 368 g/mol. The van der Waals surface area contributed by atoms with Gasteiger partial charge in [-0.1, -0.05) is 0 Å². The zero-order chi connectivity index (χ0) is 17.2. The van der Waals surface area contributed by atoms with Gasteiger partial charge in [0.2, 0.25) is 0 Å². The highest BCUT2D eigenvalue weighted by Gasteiger charge is 2.41. The highest BCUT2D eigenvalue weighted by atomic mass is 33.7. The van der Waals surface area contributed by atoms with Crippen LogP contribution in [0.1, 0.15) is 13.8 Å². The first-order chi connectivity index (χ1) is 10.4. The molecule has 2 atom stereocenters. The second-order valence-corrected chi connectivity index (χ2v) is 10.1. The van der Waals surface area contributed by atoms with E-state index < -0.39 is 10.2 Å². The lowest BCUT2D eigenvalue weighted by molar-refractivity contribution is -0.194. The van der Waals surface area contributed by atoms with Gasteiger partial charge in [-0.3, -0.25) is 0 Å². The molecule has 0 aromatic heterocycles. The Hall–Kier alpha value is 1.16. The van der Waals surface area contributed by atoms with Gasteiger partial charge in [-0.25, -0.2) is 0 Å². The summed E-state index contributed by atoms with van der Waals surface area (Å²) in [4.78, 5) is 0. The van der Waals surface area contributed by atoms with Gasteiger partial charge in [0.1, 0.15) is 12.2 Å². The van der Waals surface area contributed by atoms with Crippen molar-refractivity contribution in [3.63, 3.8) is 0 Å². The minimum atomic E-state index is -0.886. The minimum absolute atomic E-state index is 0.238. The normalized spacial score (nSPS) is 15.8. The Balaban J connectivity index is 4.60. The van der Waals surface area contributed by atoms with Crippen molar-refractivity contribution in [3.8, 4) is 0 Å². The van der Waals surface area contributed by atoms with E-state index in [4.69, 9.17) is 28.4 Å². The fourth-order valence-electron chi connectivity index (χ4n) is 1.51. The molecule has 0 aliphatic carbocycles. The molecule has 0 radical (unpaired) electrons. The molecule has 0 fully saturated rings. The summed E-state index contributed by atoms with van der Waals surface area (Å²) in [6, 6.07) is 0. The third-order valence-corrected chi connectivity index (χ3v) is 10.3. The van der Waals surface area contributed by atoms with Crippen LogP contribution in [0.5, 0.6) is 0 Å². The summed E-state index contributed by atoms with van der Waals surface area (Å²) in [5.74, 6) is 0. The molecule has 2 unspecified atom stereocenters. The van der Waals surface area contributed by atoms with Crippen LogP contribution in [0.4, 0.5) is 0 Å². The van der Waals surface area contributed by atoms with E-state index in [1.165, 1.54) is 41.2 Å². The zero-order valence-electron chi connectivity index (χ0n) is 14.2. The Bertz CT molecular complexity index is 261. The number of hydrogen-bond acceptors (Lipinski definition) is 10. The standard InChI is InChI=1S/C12H26O6S4/c1-9(13-3)11(15-5,16-6)19-21-22-20-12(17-7,18-8)10(2)14-4/h9-10H,1-8H3. The van der Waals surface area contributed by atoms with Crippen molar-refractivity contribution < 1.29 is 28.4 Å². The van der Waals surface area contributed by atoms with Gasteiger partial charge in [-0.05, 0) is 55.1 Å². The monoisotopic (exact) mass is 394 g/mol. The van der Waals surface area contributed by atoms with Crippen molar-refractivity contribution in [1.82, 2.24) is 0 Å². The highest BCUT2D eigenvalue weighted by Crippen LogP contribution is 2.55. The van der Waals surface area contributed by atoms with E-state index in [-0.39, 0.29) is 12.2 Å². The second-order valence-electron chi connectivity index (χ2n) is 4.08. The maximum atomic E-state index is 5.48. The molecule has 0 aliphatic heterocycles. The van der Waals surface area contributed by atoms with E-state index in [1.54, 1.807) is 42.7 Å². The van der Waals surface area contributed by atoms with Gasteiger partial charge >= 0.3 is 0 Å². The summed E-state index contributed by atoms with van der Waals surface area (Å²) in [6.45, 7) is 3.78. The van der Waals surface area contributed by atoms with Crippen LogP contribution in [0.2, 0.25) is 0 Å². The molecule has 10 heteroatoms. The van der Waals surface area contributed by atoms with Gasteiger partial charge in [0, 0.05) is 42.7 Å². The predicted octanol–water partition coefficient (Wildman–Crippen LogP) is 3.63. The van der Waals surface area contributed by atoms with Crippen LogP contribution in [0, 0.1) is 0 Å². The Labute approximate surface area is 148 Å². The number of ether oxygens (including phenoxy) is 6. The Morgan fingerprint density at radius 2 is 0.864 bits per heavy atom. The van der Waals surface area contributed by atoms with Crippen LogP contribution in [-0.2, 0) is 28.4 Å². The molecule has 0 amide bonds. The average molecular weight is 395 g/mol. The Morgan fingerprint density at radius 3 is 1.05 bits per heavy atom. The molecule has 0 heterocycles. The molecule has 0 bridgehead atoms. The van der Waals surface area contributed by atoms with E-state index in [0.29, 0.717) is 0 Å². The summed E-state index contributed by atoms with van der Waals surface area (Å²) < 4.78 is 32.6. The number of rotatable bonds is 13. The summed E-state index contributed by atoms with van der Waals surface area (Å²) in [6.07, 6.45) is -0.476. The van der Waals surface area contributed by atoms with Gasteiger partial charge in [-0.2, -0.15) is 0 Å². The lowest BCUT2D eigenvalue weighted by Gasteiger charge is -2.35. The number of methoxy groups -OCH3 is 6. The van der Waals surface area contributed by atoms with E-state index in [9.17, 15) is 0 Å². The third kappa shape index (κ3) is 5.91. The fraction of sp³-hybridized carbons (Fsp3) is 1.00. The molecule has 0 aromatic carbocycles. The van der Waals surface area contributed by atoms with Crippen LogP contribution in [-0.4, -0.2) is 65.1 Å². The smallest absolute Gasteiger partial charge is 0.255 e. The summed E-state index contributed by atoms with van der Waals surface area (Å²) >= 11 is 0. The van der Waals surface area contributed by atoms with E-state index in [1.807, 2.05) is 13.8 Å². The SMILES string of the molecule is COC(C)C(OC)(OC)SSSSC(OC)(OC)C(C)OC. The van der Waals surface area contributed by atoms with Crippen LogP contribution in [0.25, 0.3) is 0 Å². The number of hydrogen-bond donors (Lipinski definition) is 0. The lowest BCUT2D eigenvalue weighted by Crippen LogP contribution is -2.42. The van der Waals surface area contributed by atoms with Crippen molar-refractivity contribution >= 4 is 41.2 Å². The summed E-state index contributed by atoms with van der Waals surface area (Å²) in [5, 5.41) is -1.77. The Morgan fingerprint density at radius 1 is 0.591 bits per heavy atom. The van der Waals surface area contributed by atoms with Crippen LogP contribution in [0.3, 0.4) is 0 Å². The van der Waals surface area contributed by atoms with Crippen molar-refractivity contribution in [1.29, 1.82) is 0 Å². The molecule has 22 heavy (non-hydrogen) atoms. The molecular formula is C12H26O6S4. The molecule has 0 N–H and O–H groups in total. The molecule has 0 aliphatic rings. The van der Waals surface area contributed by atoms with E-state index >= 15 is 0 Å². The van der Waals surface area contributed by atoms with Crippen LogP contribution < -0.4 is 0 Å². The predicted molar refractivity (Wildman–Crippen MR) is 96.8 cm³/mol. The van der Waals surface area contributed by atoms with Gasteiger partial charge in [0.05, 0.1) is 0 Å². The molecule has 0 spiro atoms. The van der Waals surface area contributed by atoms with Gasteiger partial charge < -0.3 is 28.4 Å². The van der Waals surface area contributed by atoms with Crippen molar-refractivity contribution in [2.45, 2.75) is 36.3 Å². The summed E-state index contributed by atoms with van der Waals surface area (Å²) in [5.41, 5.74) is 0. The molecule has 6 nitrogen and oxygen atoms in total. The van der Waals surface area contributed by atoms with Crippen LogP contribution in [0.15, 0.2) is 0 Å². The maximum absolute atomic E-state index is 5.48. The molecule has 134 valence electrons. The van der Waals surface area contributed by atoms with Crippen molar-refractivity contribution in [2.75, 3.05) is 42.7 Å². The van der Waals surface area contributed by atoms with Crippen molar-refractivity contribution in [3.05, 3.63) is 0 Å². The first-order valence-corrected chi connectivity index (χ1v) is 11.2. The average Bonchev–Trinajstić information content (AvgIpc) is 2.58. The summed E-state index contributed by atoms with van der Waals surface area (Å²) in [7, 11) is 15.4. The minimum Gasteiger partial charge on any atom is -0.375 e. The van der Waals surface area contributed by atoms with Crippen LogP contribution >= 0.6 is 41.2 Å². The van der Waals surface area contributed by atoms with Gasteiger partial charge in [0.15, 0.2) is 0 Å². The Kier molecular flexibility index (Phi) is 12.3. The second kappa shape index (κ2) is 11.7. The maximum Gasteiger partial charge on any atom is 0.255 e. The quantitative estimate of drug-likeness (QED) is 0.263. The van der Waals surface area contributed by atoms with Gasteiger partial charge in [0.25, 0.3) is 10.2 Å². The molecule has 0 saturated heterocycles. The topological polar surface area (TPSA) is 55.4 Å². The first kappa shape index (κ1) is 23.2. The van der Waals surface area contributed by atoms with E-state index in [2.05, 4.69) is 0 Å². The molecule has 0 rings (SSSR count). The zero-order valence-corrected chi connectivity index (χ0v) is 17.5. The fourth-order valence-corrected chi connectivity index (χ4v) is 8.57. The largest absolute Gasteiger partial charge is 0.375 e. The molecule has 0 aromatic rings. The molecule has 0 saturated carbocycles. The highest BCUT2D eigenvalue weighted by molar-refractivity contribution is 9.26.